The Morgan fingerprint density at radius 1 is 0.952 bits per heavy atom. The first-order valence-electron chi connectivity index (χ1n) is 8.01. The van der Waals surface area contributed by atoms with Gasteiger partial charge in [-0.05, 0) is 12.8 Å². The van der Waals surface area contributed by atoms with Gasteiger partial charge in [-0.1, -0.05) is 39.5 Å². The van der Waals surface area contributed by atoms with E-state index in [4.69, 9.17) is 14.6 Å². The number of hydrogen-bond acceptors (Lipinski definition) is 6. The molecule has 1 aliphatic rings. The lowest BCUT2D eigenvalue weighted by Crippen LogP contribution is -2.59. The van der Waals surface area contributed by atoms with Crippen molar-refractivity contribution in [2.75, 3.05) is 6.61 Å². The van der Waals surface area contributed by atoms with Crippen LogP contribution in [0, 0.1) is 0 Å². The van der Waals surface area contributed by atoms with E-state index in [2.05, 4.69) is 13.8 Å². The van der Waals surface area contributed by atoms with Gasteiger partial charge in [-0.15, -0.1) is 0 Å². The molecule has 6 atom stereocenters. The van der Waals surface area contributed by atoms with E-state index in [9.17, 15) is 15.3 Å². The second kappa shape index (κ2) is 9.71. The van der Waals surface area contributed by atoms with E-state index >= 15 is 0 Å². The summed E-state index contributed by atoms with van der Waals surface area (Å²) in [5.41, 5.74) is 0. The Labute approximate surface area is 126 Å². The zero-order chi connectivity index (χ0) is 15.8. The number of ether oxygens (including phenoxy) is 2. The van der Waals surface area contributed by atoms with Crippen LogP contribution in [-0.4, -0.2) is 63.8 Å². The van der Waals surface area contributed by atoms with Crippen molar-refractivity contribution in [1.82, 2.24) is 0 Å². The standard InChI is InChI=1S/C15H30O6/c1-3-5-6-8-10(7-4-2)20-15-14(19)13(18)12(17)11(9-16)21-15/h10-19H,3-9H2,1-2H3. The highest BCUT2D eigenvalue weighted by Crippen LogP contribution is 2.25. The van der Waals surface area contributed by atoms with Crippen molar-refractivity contribution in [2.45, 2.75) is 89.2 Å². The van der Waals surface area contributed by atoms with Crippen molar-refractivity contribution in [3.8, 4) is 0 Å². The van der Waals surface area contributed by atoms with E-state index in [1.54, 1.807) is 0 Å². The summed E-state index contributed by atoms with van der Waals surface area (Å²) in [4.78, 5) is 0. The molecule has 4 N–H and O–H groups in total. The summed E-state index contributed by atoms with van der Waals surface area (Å²) < 4.78 is 11.2. The Balaban J connectivity index is 2.58. The number of unbranched alkanes of at least 4 members (excludes halogenated alkanes) is 2. The molecular weight excluding hydrogens is 276 g/mol. The van der Waals surface area contributed by atoms with Crippen LogP contribution in [-0.2, 0) is 9.47 Å². The predicted molar refractivity (Wildman–Crippen MR) is 77.7 cm³/mol. The Bertz CT molecular complexity index is 273. The maximum atomic E-state index is 9.97. The maximum Gasteiger partial charge on any atom is 0.186 e. The summed E-state index contributed by atoms with van der Waals surface area (Å²) in [5.74, 6) is 0. The summed E-state index contributed by atoms with van der Waals surface area (Å²) in [6.07, 6.45) is -0.0471. The van der Waals surface area contributed by atoms with E-state index < -0.39 is 37.3 Å². The van der Waals surface area contributed by atoms with Crippen molar-refractivity contribution in [3.63, 3.8) is 0 Å². The first-order valence-corrected chi connectivity index (χ1v) is 8.01. The average Bonchev–Trinajstić information content (AvgIpc) is 2.48. The van der Waals surface area contributed by atoms with Crippen LogP contribution in [0.3, 0.4) is 0 Å². The van der Waals surface area contributed by atoms with E-state index in [1.807, 2.05) is 0 Å². The topological polar surface area (TPSA) is 99.4 Å². The Morgan fingerprint density at radius 3 is 2.24 bits per heavy atom. The van der Waals surface area contributed by atoms with Crippen LogP contribution in [0.4, 0.5) is 0 Å². The fourth-order valence-corrected chi connectivity index (χ4v) is 2.59. The molecule has 1 aliphatic heterocycles. The highest BCUT2D eigenvalue weighted by atomic mass is 16.7. The molecule has 6 heteroatoms. The van der Waals surface area contributed by atoms with Crippen molar-refractivity contribution in [3.05, 3.63) is 0 Å². The Hall–Kier alpha value is -0.240. The molecule has 6 nitrogen and oxygen atoms in total. The molecule has 6 unspecified atom stereocenters. The summed E-state index contributed by atoms with van der Waals surface area (Å²) in [7, 11) is 0. The van der Waals surface area contributed by atoms with Crippen molar-refractivity contribution >= 4 is 0 Å². The van der Waals surface area contributed by atoms with Crippen LogP contribution >= 0.6 is 0 Å². The smallest absolute Gasteiger partial charge is 0.186 e. The third-order valence-electron chi connectivity index (χ3n) is 3.92. The molecule has 0 radical (unpaired) electrons. The van der Waals surface area contributed by atoms with Gasteiger partial charge in [0.2, 0.25) is 0 Å². The monoisotopic (exact) mass is 306 g/mol. The maximum absolute atomic E-state index is 9.97. The summed E-state index contributed by atoms with van der Waals surface area (Å²) in [6, 6.07) is 0. The zero-order valence-electron chi connectivity index (χ0n) is 13.0. The fourth-order valence-electron chi connectivity index (χ4n) is 2.59. The van der Waals surface area contributed by atoms with Crippen molar-refractivity contribution in [1.29, 1.82) is 0 Å². The molecule has 21 heavy (non-hydrogen) atoms. The average molecular weight is 306 g/mol. The third-order valence-corrected chi connectivity index (χ3v) is 3.92. The van der Waals surface area contributed by atoms with Gasteiger partial charge in [0.25, 0.3) is 0 Å². The number of hydrogen-bond donors (Lipinski definition) is 4. The molecule has 0 aromatic carbocycles. The van der Waals surface area contributed by atoms with E-state index in [0.29, 0.717) is 0 Å². The van der Waals surface area contributed by atoms with Gasteiger partial charge in [-0.25, -0.2) is 0 Å². The van der Waals surface area contributed by atoms with Gasteiger partial charge in [0, 0.05) is 0 Å². The molecule has 0 amide bonds. The highest BCUT2D eigenvalue weighted by Gasteiger charge is 2.44. The minimum absolute atomic E-state index is 0.0528. The summed E-state index contributed by atoms with van der Waals surface area (Å²) in [6.45, 7) is 3.76. The van der Waals surface area contributed by atoms with Crippen molar-refractivity contribution in [2.24, 2.45) is 0 Å². The molecule has 126 valence electrons. The highest BCUT2D eigenvalue weighted by molar-refractivity contribution is 4.89. The van der Waals surface area contributed by atoms with Crippen LogP contribution in [0.1, 0.15) is 52.4 Å². The van der Waals surface area contributed by atoms with Gasteiger partial charge in [-0.2, -0.15) is 0 Å². The first kappa shape index (κ1) is 18.8. The minimum Gasteiger partial charge on any atom is -0.394 e. The summed E-state index contributed by atoms with van der Waals surface area (Å²) >= 11 is 0. The van der Waals surface area contributed by atoms with Gasteiger partial charge in [-0.3, -0.25) is 0 Å². The van der Waals surface area contributed by atoms with E-state index in [-0.39, 0.29) is 6.10 Å². The largest absolute Gasteiger partial charge is 0.394 e. The molecule has 1 saturated heterocycles. The first-order chi connectivity index (χ1) is 10.0. The van der Waals surface area contributed by atoms with E-state index in [1.165, 1.54) is 0 Å². The number of aliphatic hydroxyl groups excluding tert-OH is 4. The number of rotatable bonds is 9. The van der Waals surface area contributed by atoms with Gasteiger partial charge in [0.1, 0.15) is 24.4 Å². The van der Waals surface area contributed by atoms with Crippen LogP contribution in [0.2, 0.25) is 0 Å². The number of aliphatic hydroxyl groups is 4. The third kappa shape index (κ3) is 5.47. The Morgan fingerprint density at radius 2 is 1.67 bits per heavy atom. The lowest BCUT2D eigenvalue weighted by Gasteiger charge is -2.40. The molecule has 0 aromatic heterocycles. The molecule has 1 rings (SSSR count). The van der Waals surface area contributed by atoms with Crippen molar-refractivity contribution < 1.29 is 29.9 Å². The molecule has 1 fully saturated rings. The van der Waals surface area contributed by atoms with Gasteiger partial charge in [0.15, 0.2) is 6.29 Å². The van der Waals surface area contributed by atoms with Crippen LogP contribution in [0.5, 0.6) is 0 Å². The van der Waals surface area contributed by atoms with Gasteiger partial charge >= 0.3 is 0 Å². The fraction of sp³-hybridized carbons (Fsp3) is 1.00. The second-order valence-electron chi connectivity index (χ2n) is 5.74. The van der Waals surface area contributed by atoms with Crippen LogP contribution in [0.15, 0.2) is 0 Å². The quantitative estimate of drug-likeness (QED) is 0.464. The van der Waals surface area contributed by atoms with Gasteiger partial charge in [0.05, 0.1) is 12.7 Å². The molecule has 0 bridgehead atoms. The minimum atomic E-state index is -1.38. The summed E-state index contributed by atoms with van der Waals surface area (Å²) in [5, 5.41) is 38.6. The zero-order valence-corrected chi connectivity index (χ0v) is 13.0. The molecular formula is C15H30O6. The lowest BCUT2D eigenvalue weighted by atomic mass is 9.99. The normalized spacial score (nSPS) is 34.9. The van der Waals surface area contributed by atoms with E-state index in [0.717, 1.165) is 38.5 Å². The van der Waals surface area contributed by atoms with Crippen LogP contribution < -0.4 is 0 Å². The lowest BCUT2D eigenvalue weighted by molar-refractivity contribution is -0.312. The Kier molecular flexibility index (Phi) is 8.70. The molecule has 0 aromatic rings. The molecule has 1 heterocycles. The van der Waals surface area contributed by atoms with Crippen LogP contribution in [0.25, 0.3) is 0 Å². The second-order valence-corrected chi connectivity index (χ2v) is 5.74. The molecule has 0 spiro atoms. The predicted octanol–water partition coefficient (Wildman–Crippen LogP) is 0.552. The van der Waals surface area contributed by atoms with Gasteiger partial charge < -0.3 is 29.9 Å². The molecule has 0 saturated carbocycles. The molecule has 0 aliphatic carbocycles. The SMILES string of the molecule is CCCCCC(CCC)OC1OC(CO)C(O)C(O)C1O.